The van der Waals surface area contributed by atoms with E-state index in [1.54, 1.807) is 0 Å². The molecule has 0 aromatic heterocycles. The van der Waals surface area contributed by atoms with Gasteiger partial charge in [0.2, 0.25) is 0 Å². The molecule has 4 atom stereocenters. The quantitative estimate of drug-likeness (QED) is 0.533. The first-order valence-electron chi connectivity index (χ1n) is 3.93. The Morgan fingerprint density at radius 3 is 1.82 bits per heavy atom. The molecule has 60 valence electrons. The minimum atomic E-state index is -0.161. The zero-order valence-electron chi connectivity index (χ0n) is 6.10. The Hall–Kier alpha value is -0.700. The Bertz CT molecular complexity index is 170. The van der Waals surface area contributed by atoms with E-state index in [0.717, 1.165) is 25.4 Å². The second-order valence-corrected chi connectivity index (χ2v) is 3.22. The summed E-state index contributed by atoms with van der Waals surface area (Å²) in [6, 6.07) is 0. The van der Waals surface area contributed by atoms with Gasteiger partial charge in [-0.15, -0.1) is 0 Å². The lowest BCUT2D eigenvalue weighted by atomic mass is 9.81. The molecule has 0 aliphatic carbocycles. The minimum Gasteiger partial charge on any atom is -0.373 e. The van der Waals surface area contributed by atoms with Gasteiger partial charge in [-0.2, -0.15) is 0 Å². The summed E-state index contributed by atoms with van der Waals surface area (Å²) in [7, 11) is 0. The van der Waals surface area contributed by atoms with E-state index in [0.29, 0.717) is 0 Å². The highest BCUT2D eigenvalue weighted by molar-refractivity contribution is 5.67. The highest BCUT2D eigenvalue weighted by Gasteiger charge is 2.48. The molecular formula is C8H10O3. The first-order valence-corrected chi connectivity index (χ1v) is 3.93. The van der Waals surface area contributed by atoms with Crippen molar-refractivity contribution in [1.29, 1.82) is 0 Å². The van der Waals surface area contributed by atoms with Crippen molar-refractivity contribution in [3.8, 4) is 0 Å². The Morgan fingerprint density at radius 2 is 1.45 bits per heavy atom. The van der Waals surface area contributed by atoms with Crippen LogP contribution in [0.15, 0.2) is 0 Å². The molecule has 2 fully saturated rings. The Labute approximate surface area is 64.7 Å². The van der Waals surface area contributed by atoms with Crippen molar-refractivity contribution in [3.05, 3.63) is 0 Å². The smallest absolute Gasteiger partial charge is 0.126 e. The van der Waals surface area contributed by atoms with Crippen molar-refractivity contribution in [1.82, 2.24) is 0 Å². The number of carbonyl (C=O) groups excluding carboxylic acids is 2. The van der Waals surface area contributed by atoms with Gasteiger partial charge in [-0.1, -0.05) is 0 Å². The lowest BCUT2D eigenvalue weighted by molar-refractivity contribution is -0.119. The molecule has 11 heavy (non-hydrogen) atoms. The van der Waals surface area contributed by atoms with Gasteiger partial charge in [-0.3, -0.25) is 0 Å². The fourth-order valence-corrected chi connectivity index (χ4v) is 2.11. The van der Waals surface area contributed by atoms with Crippen molar-refractivity contribution < 1.29 is 14.3 Å². The van der Waals surface area contributed by atoms with Crippen LogP contribution in [-0.4, -0.2) is 24.8 Å². The van der Waals surface area contributed by atoms with Crippen molar-refractivity contribution in [2.75, 3.05) is 0 Å². The predicted octanol–water partition coefficient (Wildman–Crippen LogP) is 0.178. The standard InChI is InChI=1S/C8H10O3/c9-3-5-6(4-10)8-2-1-7(5)11-8/h3-8H,1-2H2. The molecule has 0 amide bonds. The van der Waals surface area contributed by atoms with E-state index in [2.05, 4.69) is 0 Å². The van der Waals surface area contributed by atoms with Crippen LogP contribution in [0.4, 0.5) is 0 Å². The third kappa shape index (κ3) is 0.839. The number of aldehydes is 2. The van der Waals surface area contributed by atoms with Crippen molar-refractivity contribution in [3.63, 3.8) is 0 Å². The molecule has 0 N–H and O–H groups in total. The molecule has 2 aliphatic rings. The molecule has 2 rings (SSSR count). The zero-order chi connectivity index (χ0) is 7.84. The Kier molecular flexibility index (Phi) is 1.53. The van der Waals surface area contributed by atoms with Crippen LogP contribution in [0.1, 0.15) is 12.8 Å². The lowest BCUT2D eigenvalue weighted by Gasteiger charge is -2.17. The van der Waals surface area contributed by atoms with E-state index < -0.39 is 0 Å². The molecule has 0 spiro atoms. The van der Waals surface area contributed by atoms with Crippen LogP contribution < -0.4 is 0 Å². The Morgan fingerprint density at radius 1 is 1.00 bits per heavy atom. The zero-order valence-corrected chi connectivity index (χ0v) is 6.10. The third-order valence-corrected chi connectivity index (χ3v) is 2.70. The molecule has 2 heterocycles. The molecule has 0 aromatic rings. The fourth-order valence-electron chi connectivity index (χ4n) is 2.11. The van der Waals surface area contributed by atoms with Gasteiger partial charge in [0.1, 0.15) is 12.6 Å². The molecular weight excluding hydrogens is 144 g/mol. The summed E-state index contributed by atoms with van der Waals surface area (Å²) in [6.45, 7) is 0. The van der Waals surface area contributed by atoms with Crippen LogP contribution in [0.2, 0.25) is 0 Å². The number of carbonyl (C=O) groups is 2. The van der Waals surface area contributed by atoms with Gasteiger partial charge in [-0.05, 0) is 12.8 Å². The van der Waals surface area contributed by atoms with Crippen LogP contribution >= 0.6 is 0 Å². The molecule has 2 bridgehead atoms. The average molecular weight is 154 g/mol. The normalized spacial score (nSPS) is 47.6. The van der Waals surface area contributed by atoms with Crippen molar-refractivity contribution in [2.45, 2.75) is 25.0 Å². The summed E-state index contributed by atoms with van der Waals surface area (Å²) in [4.78, 5) is 21.1. The van der Waals surface area contributed by atoms with E-state index in [9.17, 15) is 9.59 Å². The van der Waals surface area contributed by atoms with E-state index in [4.69, 9.17) is 4.74 Å². The number of ether oxygens (including phenoxy) is 1. The predicted molar refractivity (Wildman–Crippen MR) is 37.0 cm³/mol. The molecule has 3 heteroatoms. The van der Waals surface area contributed by atoms with Crippen LogP contribution in [0.25, 0.3) is 0 Å². The summed E-state index contributed by atoms with van der Waals surface area (Å²) in [5.41, 5.74) is 0. The number of hydrogen-bond acceptors (Lipinski definition) is 3. The van der Waals surface area contributed by atoms with E-state index in [1.165, 1.54) is 0 Å². The van der Waals surface area contributed by atoms with Gasteiger partial charge < -0.3 is 14.3 Å². The molecule has 0 aromatic carbocycles. The van der Waals surface area contributed by atoms with E-state index in [-0.39, 0.29) is 24.0 Å². The minimum absolute atomic E-state index is 0.0349. The highest BCUT2D eigenvalue weighted by atomic mass is 16.5. The molecule has 2 aliphatic heterocycles. The van der Waals surface area contributed by atoms with Crippen LogP contribution in [0.3, 0.4) is 0 Å². The first kappa shape index (κ1) is 6.98. The lowest BCUT2D eigenvalue weighted by Crippen LogP contribution is -2.29. The van der Waals surface area contributed by atoms with Crippen molar-refractivity contribution in [2.24, 2.45) is 11.8 Å². The number of rotatable bonds is 2. The molecule has 3 nitrogen and oxygen atoms in total. The fraction of sp³-hybridized carbons (Fsp3) is 0.750. The maximum Gasteiger partial charge on any atom is 0.126 e. The molecule has 0 radical (unpaired) electrons. The Balaban J connectivity index is 2.19. The van der Waals surface area contributed by atoms with Crippen LogP contribution in [0, 0.1) is 11.8 Å². The van der Waals surface area contributed by atoms with Crippen molar-refractivity contribution >= 4 is 12.6 Å². The summed E-state index contributed by atoms with van der Waals surface area (Å²) in [6.07, 6.45) is 3.68. The molecule has 0 saturated carbocycles. The average Bonchev–Trinajstić information content (AvgIpc) is 2.60. The van der Waals surface area contributed by atoms with Gasteiger partial charge >= 0.3 is 0 Å². The third-order valence-electron chi connectivity index (χ3n) is 2.70. The monoisotopic (exact) mass is 154 g/mol. The second-order valence-electron chi connectivity index (χ2n) is 3.22. The van der Waals surface area contributed by atoms with Gasteiger partial charge in [-0.25, -0.2) is 0 Å². The van der Waals surface area contributed by atoms with Gasteiger partial charge in [0, 0.05) is 0 Å². The highest BCUT2D eigenvalue weighted by Crippen LogP contribution is 2.41. The molecule has 2 saturated heterocycles. The summed E-state index contributed by atoms with van der Waals surface area (Å²) < 4.78 is 5.42. The van der Waals surface area contributed by atoms with E-state index >= 15 is 0 Å². The SMILES string of the molecule is O=CC1C2CCC(O2)C1C=O. The summed E-state index contributed by atoms with van der Waals surface area (Å²) in [5, 5.41) is 0. The summed E-state index contributed by atoms with van der Waals surface area (Å²) >= 11 is 0. The van der Waals surface area contributed by atoms with Gasteiger partial charge in [0.25, 0.3) is 0 Å². The second kappa shape index (κ2) is 2.41. The largest absolute Gasteiger partial charge is 0.373 e. The van der Waals surface area contributed by atoms with Crippen LogP contribution in [-0.2, 0) is 14.3 Å². The summed E-state index contributed by atoms with van der Waals surface area (Å²) in [5.74, 6) is -0.322. The maximum absolute atomic E-state index is 10.5. The first-order chi connectivity index (χ1) is 5.36. The topological polar surface area (TPSA) is 43.4 Å². The van der Waals surface area contributed by atoms with Gasteiger partial charge in [0.05, 0.1) is 24.0 Å². The van der Waals surface area contributed by atoms with Gasteiger partial charge in [0.15, 0.2) is 0 Å². The number of hydrogen-bond donors (Lipinski definition) is 0. The molecule has 4 unspecified atom stereocenters. The van der Waals surface area contributed by atoms with E-state index in [1.807, 2.05) is 0 Å². The maximum atomic E-state index is 10.5. The van der Waals surface area contributed by atoms with Crippen LogP contribution in [0.5, 0.6) is 0 Å². The number of fused-ring (bicyclic) bond motifs is 2.